The highest BCUT2D eigenvalue weighted by Gasteiger charge is 2.17. The summed E-state index contributed by atoms with van der Waals surface area (Å²) in [5.41, 5.74) is 0.884. The summed E-state index contributed by atoms with van der Waals surface area (Å²) in [4.78, 5) is 15.0. The number of amides is 1. The SMILES string of the molecule is O=C(CSc1ccc(-c2cccs2)nn1)N1CCCC1. The number of carbonyl (C=O) groups is 1. The van der Waals surface area contributed by atoms with Gasteiger partial charge in [-0.3, -0.25) is 4.79 Å². The lowest BCUT2D eigenvalue weighted by Crippen LogP contribution is -2.29. The summed E-state index contributed by atoms with van der Waals surface area (Å²) in [6.07, 6.45) is 2.26. The fourth-order valence-corrected chi connectivity index (χ4v) is 3.55. The number of thioether (sulfide) groups is 1. The molecule has 1 amide bonds. The van der Waals surface area contributed by atoms with Crippen LogP contribution in [0.25, 0.3) is 10.6 Å². The maximum atomic E-state index is 11.9. The van der Waals surface area contributed by atoms with Crippen LogP contribution in [0.5, 0.6) is 0 Å². The number of likely N-dealkylation sites (tertiary alicyclic amines) is 1. The molecular weight excluding hydrogens is 290 g/mol. The van der Waals surface area contributed by atoms with E-state index in [1.807, 2.05) is 34.5 Å². The van der Waals surface area contributed by atoms with Crippen LogP contribution in [0.2, 0.25) is 0 Å². The molecule has 0 bridgehead atoms. The Morgan fingerprint density at radius 2 is 2.10 bits per heavy atom. The van der Waals surface area contributed by atoms with Gasteiger partial charge in [0.25, 0.3) is 0 Å². The maximum Gasteiger partial charge on any atom is 0.232 e. The van der Waals surface area contributed by atoms with Crippen molar-refractivity contribution in [3.05, 3.63) is 29.6 Å². The van der Waals surface area contributed by atoms with Crippen LogP contribution in [0.3, 0.4) is 0 Å². The molecule has 6 heteroatoms. The Balaban J connectivity index is 1.57. The van der Waals surface area contributed by atoms with Gasteiger partial charge in [-0.25, -0.2) is 0 Å². The molecule has 104 valence electrons. The Hall–Kier alpha value is -1.40. The lowest BCUT2D eigenvalue weighted by Gasteiger charge is -2.14. The normalized spacial score (nSPS) is 14.7. The van der Waals surface area contributed by atoms with Crippen molar-refractivity contribution in [3.8, 4) is 10.6 Å². The molecule has 0 N–H and O–H groups in total. The molecule has 1 aliphatic rings. The molecule has 2 aromatic rings. The zero-order chi connectivity index (χ0) is 13.8. The van der Waals surface area contributed by atoms with Crippen LogP contribution in [-0.2, 0) is 4.79 Å². The van der Waals surface area contributed by atoms with Crippen LogP contribution in [0.15, 0.2) is 34.7 Å². The van der Waals surface area contributed by atoms with Crippen molar-refractivity contribution in [1.29, 1.82) is 0 Å². The predicted molar refractivity (Wildman–Crippen MR) is 81.9 cm³/mol. The third-order valence-electron chi connectivity index (χ3n) is 3.22. The number of rotatable bonds is 4. The van der Waals surface area contributed by atoms with Gasteiger partial charge >= 0.3 is 0 Å². The molecule has 1 aliphatic heterocycles. The van der Waals surface area contributed by atoms with Gasteiger partial charge in [-0.15, -0.1) is 21.5 Å². The Morgan fingerprint density at radius 3 is 2.75 bits per heavy atom. The van der Waals surface area contributed by atoms with E-state index in [1.165, 1.54) is 11.8 Å². The van der Waals surface area contributed by atoms with E-state index in [2.05, 4.69) is 10.2 Å². The Labute approximate surface area is 126 Å². The van der Waals surface area contributed by atoms with Crippen LogP contribution in [0, 0.1) is 0 Å². The first kappa shape index (κ1) is 13.6. The summed E-state index contributed by atoms with van der Waals surface area (Å²) < 4.78 is 0. The first-order valence-electron chi connectivity index (χ1n) is 6.61. The Morgan fingerprint density at radius 1 is 1.25 bits per heavy atom. The van der Waals surface area contributed by atoms with Crippen molar-refractivity contribution in [2.75, 3.05) is 18.8 Å². The van der Waals surface area contributed by atoms with E-state index in [9.17, 15) is 4.79 Å². The summed E-state index contributed by atoms with van der Waals surface area (Å²) >= 11 is 3.11. The first-order valence-corrected chi connectivity index (χ1v) is 8.47. The number of nitrogens with zero attached hydrogens (tertiary/aromatic N) is 3. The van der Waals surface area contributed by atoms with Crippen molar-refractivity contribution in [1.82, 2.24) is 15.1 Å². The van der Waals surface area contributed by atoms with Gasteiger partial charge in [-0.05, 0) is 36.4 Å². The third kappa shape index (κ3) is 3.19. The number of carbonyl (C=O) groups excluding carboxylic acids is 1. The summed E-state index contributed by atoms with van der Waals surface area (Å²) in [6.45, 7) is 1.81. The fraction of sp³-hybridized carbons (Fsp3) is 0.357. The standard InChI is InChI=1S/C14H15N3OS2/c18-14(17-7-1-2-8-17)10-20-13-6-5-11(15-16-13)12-4-3-9-19-12/h3-6,9H,1-2,7-8,10H2. The fourth-order valence-electron chi connectivity index (χ4n) is 2.15. The number of hydrogen-bond acceptors (Lipinski definition) is 5. The quantitative estimate of drug-likeness (QED) is 0.815. The summed E-state index contributed by atoms with van der Waals surface area (Å²) in [6, 6.07) is 7.92. The zero-order valence-corrected chi connectivity index (χ0v) is 12.6. The lowest BCUT2D eigenvalue weighted by atomic mass is 10.3. The second-order valence-electron chi connectivity index (χ2n) is 4.61. The smallest absolute Gasteiger partial charge is 0.232 e. The van der Waals surface area contributed by atoms with E-state index in [0.29, 0.717) is 5.75 Å². The van der Waals surface area contributed by atoms with E-state index < -0.39 is 0 Å². The minimum Gasteiger partial charge on any atom is -0.342 e. The summed E-state index contributed by atoms with van der Waals surface area (Å²) in [7, 11) is 0. The lowest BCUT2D eigenvalue weighted by molar-refractivity contribution is -0.127. The first-order chi connectivity index (χ1) is 9.83. The highest BCUT2D eigenvalue weighted by Crippen LogP contribution is 2.24. The number of aromatic nitrogens is 2. The van der Waals surface area contributed by atoms with E-state index in [0.717, 1.165) is 41.5 Å². The van der Waals surface area contributed by atoms with Gasteiger partial charge in [0.15, 0.2) is 0 Å². The number of thiophene rings is 1. The molecule has 3 rings (SSSR count). The summed E-state index contributed by atoms with van der Waals surface area (Å²) in [5, 5.41) is 11.2. The van der Waals surface area contributed by atoms with Crippen molar-refractivity contribution < 1.29 is 4.79 Å². The van der Waals surface area contributed by atoms with Gasteiger partial charge in [0.2, 0.25) is 5.91 Å². The Bertz CT molecular complexity index is 563. The maximum absolute atomic E-state index is 11.9. The molecule has 1 fully saturated rings. The van der Waals surface area contributed by atoms with Crippen molar-refractivity contribution in [2.45, 2.75) is 17.9 Å². The Kier molecular flexibility index (Phi) is 4.32. The molecule has 0 spiro atoms. The molecule has 2 aromatic heterocycles. The molecule has 20 heavy (non-hydrogen) atoms. The minimum atomic E-state index is 0.205. The molecule has 0 saturated carbocycles. The largest absolute Gasteiger partial charge is 0.342 e. The highest BCUT2D eigenvalue weighted by atomic mass is 32.2. The van der Waals surface area contributed by atoms with Crippen LogP contribution < -0.4 is 0 Å². The van der Waals surface area contributed by atoms with Gasteiger partial charge in [0.1, 0.15) is 10.7 Å². The topological polar surface area (TPSA) is 46.1 Å². The molecule has 0 atom stereocenters. The highest BCUT2D eigenvalue weighted by molar-refractivity contribution is 7.99. The monoisotopic (exact) mass is 305 g/mol. The molecule has 3 heterocycles. The van der Waals surface area contributed by atoms with E-state index >= 15 is 0 Å². The molecule has 1 saturated heterocycles. The van der Waals surface area contributed by atoms with E-state index in [4.69, 9.17) is 0 Å². The second kappa shape index (κ2) is 6.37. The van der Waals surface area contributed by atoms with Gasteiger partial charge < -0.3 is 4.90 Å². The van der Waals surface area contributed by atoms with Gasteiger partial charge in [0.05, 0.1) is 10.6 Å². The average Bonchev–Trinajstić information content (AvgIpc) is 3.18. The van der Waals surface area contributed by atoms with E-state index in [1.54, 1.807) is 11.3 Å². The average molecular weight is 305 g/mol. The molecule has 0 aliphatic carbocycles. The minimum absolute atomic E-state index is 0.205. The van der Waals surface area contributed by atoms with Gasteiger partial charge in [-0.2, -0.15) is 0 Å². The van der Waals surface area contributed by atoms with Crippen LogP contribution >= 0.6 is 23.1 Å². The molecule has 0 aromatic carbocycles. The second-order valence-corrected chi connectivity index (χ2v) is 6.55. The van der Waals surface area contributed by atoms with Crippen LogP contribution in [0.1, 0.15) is 12.8 Å². The molecule has 0 radical (unpaired) electrons. The van der Waals surface area contributed by atoms with Gasteiger partial charge in [0, 0.05) is 13.1 Å². The van der Waals surface area contributed by atoms with Crippen LogP contribution in [-0.4, -0.2) is 39.8 Å². The molecule has 4 nitrogen and oxygen atoms in total. The summed E-state index contributed by atoms with van der Waals surface area (Å²) in [5.74, 6) is 0.657. The van der Waals surface area contributed by atoms with Crippen molar-refractivity contribution in [3.63, 3.8) is 0 Å². The predicted octanol–water partition coefficient (Wildman–Crippen LogP) is 2.92. The third-order valence-corrected chi connectivity index (χ3v) is 5.01. The van der Waals surface area contributed by atoms with Crippen molar-refractivity contribution >= 4 is 29.0 Å². The molecular formula is C14H15N3OS2. The van der Waals surface area contributed by atoms with Crippen molar-refractivity contribution in [2.24, 2.45) is 0 Å². The zero-order valence-electron chi connectivity index (χ0n) is 11.0. The van der Waals surface area contributed by atoms with E-state index in [-0.39, 0.29) is 5.91 Å². The van der Waals surface area contributed by atoms with Crippen LogP contribution in [0.4, 0.5) is 0 Å². The number of hydrogen-bond donors (Lipinski definition) is 0. The van der Waals surface area contributed by atoms with Gasteiger partial charge in [-0.1, -0.05) is 17.8 Å². The molecule has 0 unspecified atom stereocenters.